The zero-order valence-electron chi connectivity index (χ0n) is 24.0. The number of hydrogen-bond donors (Lipinski definition) is 2. The van der Waals surface area contributed by atoms with Gasteiger partial charge in [0.05, 0.1) is 49.0 Å². The SMILES string of the molecule is O=C(O)c1ccc2nc(CN3CCC(c4cccc(OCc5ccc(C6(O)COC6)cc5)n4)CC3)n(C[C@@H]3CCO3)c2c1. The van der Waals surface area contributed by atoms with Crippen LogP contribution in [0, 0.1) is 0 Å². The van der Waals surface area contributed by atoms with Gasteiger partial charge in [0, 0.05) is 24.3 Å². The number of fused-ring (bicyclic) bond motifs is 1. The summed E-state index contributed by atoms with van der Waals surface area (Å²) in [5.74, 6) is 0.978. The fourth-order valence-corrected chi connectivity index (χ4v) is 6.12. The molecule has 43 heavy (non-hydrogen) atoms. The maximum absolute atomic E-state index is 11.6. The predicted molar refractivity (Wildman–Crippen MR) is 158 cm³/mol. The maximum Gasteiger partial charge on any atom is 0.335 e. The number of nitrogens with zero attached hydrogens (tertiary/aromatic N) is 4. The summed E-state index contributed by atoms with van der Waals surface area (Å²) in [7, 11) is 0. The van der Waals surface area contributed by atoms with Crippen molar-refractivity contribution in [2.24, 2.45) is 0 Å². The Morgan fingerprint density at radius 3 is 2.49 bits per heavy atom. The maximum atomic E-state index is 11.6. The van der Waals surface area contributed by atoms with Crippen LogP contribution in [0.1, 0.15) is 58.2 Å². The van der Waals surface area contributed by atoms with Gasteiger partial charge in [-0.1, -0.05) is 30.3 Å². The van der Waals surface area contributed by atoms with Crippen LogP contribution in [-0.4, -0.2) is 74.6 Å². The van der Waals surface area contributed by atoms with Crippen LogP contribution in [0.5, 0.6) is 5.88 Å². The normalized spacial score (nSPS) is 20.4. The van der Waals surface area contributed by atoms with E-state index in [1.165, 1.54) is 0 Å². The van der Waals surface area contributed by atoms with E-state index in [2.05, 4.69) is 15.5 Å². The van der Waals surface area contributed by atoms with Crippen molar-refractivity contribution in [3.05, 3.63) is 88.9 Å². The highest BCUT2D eigenvalue weighted by molar-refractivity contribution is 5.92. The first kappa shape index (κ1) is 28.0. The zero-order valence-corrected chi connectivity index (χ0v) is 24.0. The minimum absolute atomic E-state index is 0.144. The van der Waals surface area contributed by atoms with Gasteiger partial charge in [-0.3, -0.25) is 4.90 Å². The molecule has 3 saturated heterocycles. The molecule has 2 aromatic carbocycles. The molecule has 1 atom stereocenters. The average Bonchev–Trinajstić information content (AvgIpc) is 3.33. The molecule has 3 aliphatic heterocycles. The lowest BCUT2D eigenvalue weighted by Crippen LogP contribution is -2.46. The number of aliphatic hydroxyl groups is 1. The minimum Gasteiger partial charge on any atom is -0.478 e. The van der Waals surface area contributed by atoms with Crippen LogP contribution in [0.15, 0.2) is 60.7 Å². The van der Waals surface area contributed by atoms with Crippen LogP contribution in [0.2, 0.25) is 0 Å². The number of aromatic carboxylic acids is 1. The molecule has 7 rings (SSSR count). The number of carbonyl (C=O) groups is 1. The molecule has 10 heteroatoms. The summed E-state index contributed by atoms with van der Waals surface area (Å²) in [4.78, 5) is 23.8. The highest BCUT2D eigenvalue weighted by Crippen LogP contribution is 2.31. The average molecular weight is 585 g/mol. The summed E-state index contributed by atoms with van der Waals surface area (Å²) >= 11 is 0. The van der Waals surface area contributed by atoms with Crippen LogP contribution in [-0.2, 0) is 34.8 Å². The fraction of sp³-hybridized carbons (Fsp3) is 0.424. The lowest BCUT2D eigenvalue weighted by Gasteiger charge is -2.36. The molecule has 2 N–H and O–H groups in total. The number of likely N-dealkylation sites (tertiary alicyclic amines) is 1. The van der Waals surface area contributed by atoms with Gasteiger partial charge in [-0.15, -0.1) is 0 Å². The van der Waals surface area contributed by atoms with E-state index in [4.69, 9.17) is 24.2 Å². The van der Waals surface area contributed by atoms with E-state index in [0.29, 0.717) is 44.7 Å². The lowest BCUT2D eigenvalue weighted by atomic mass is 9.91. The summed E-state index contributed by atoms with van der Waals surface area (Å²) in [5, 5.41) is 20.0. The summed E-state index contributed by atoms with van der Waals surface area (Å²) in [6.45, 7) is 5.09. The highest BCUT2D eigenvalue weighted by atomic mass is 16.5. The highest BCUT2D eigenvalue weighted by Gasteiger charge is 2.37. The number of piperidine rings is 1. The molecule has 4 aromatic rings. The van der Waals surface area contributed by atoms with Gasteiger partial charge in [0.1, 0.15) is 18.0 Å². The molecule has 3 fully saturated rings. The zero-order chi connectivity index (χ0) is 29.4. The van der Waals surface area contributed by atoms with E-state index in [9.17, 15) is 15.0 Å². The molecule has 0 spiro atoms. The third-order valence-corrected chi connectivity index (χ3v) is 8.93. The molecule has 224 valence electrons. The molecular weight excluding hydrogens is 548 g/mol. The summed E-state index contributed by atoms with van der Waals surface area (Å²) in [6.07, 6.45) is 3.12. The molecule has 0 radical (unpaired) electrons. The molecule has 0 bridgehead atoms. The van der Waals surface area contributed by atoms with Gasteiger partial charge in [0.2, 0.25) is 5.88 Å². The van der Waals surface area contributed by atoms with Gasteiger partial charge in [0.25, 0.3) is 0 Å². The molecule has 0 unspecified atom stereocenters. The van der Waals surface area contributed by atoms with Gasteiger partial charge in [-0.25, -0.2) is 14.8 Å². The number of hydrogen-bond acceptors (Lipinski definition) is 8. The first-order valence-electron chi connectivity index (χ1n) is 15.0. The van der Waals surface area contributed by atoms with Crippen LogP contribution in [0.3, 0.4) is 0 Å². The van der Waals surface area contributed by atoms with E-state index in [1.54, 1.807) is 18.2 Å². The first-order valence-corrected chi connectivity index (χ1v) is 15.0. The number of rotatable bonds is 10. The van der Waals surface area contributed by atoms with E-state index in [-0.39, 0.29) is 11.7 Å². The van der Waals surface area contributed by atoms with Gasteiger partial charge in [-0.2, -0.15) is 0 Å². The summed E-state index contributed by atoms with van der Waals surface area (Å²) in [5.41, 5.74) is 4.00. The summed E-state index contributed by atoms with van der Waals surface area (Å²) < 4.78 is 19.0. The third-order valence-electron chi connectivity index (χ3n) is 8.93. The van der Waals surface area contributed by atoms with Crippen molar-refractivity contribution in [3.63, 3.8) is 0 Å². The van der Waals surface area contributed by atoms with Crippen molar-refractivity contribution >= 4 is 17.0 Å². The van der Waals surface area contributed by atoms with Crippen molar-refractivity contribution in [1.82, 2.24) is 19.4 Å². The topological polar surface area (TPSA) is 119 Å². The van der Waals surface area contributed by atoms with Gasteiger partial charge in [0.15, 0.2) is 0 Å². The number of carboxylic acids is 1. The van der Waals surface area contributed by atoms with Gasteiger partial charge in [-0.05, 0) is 67.7 Å². The molecular formula is C33H36N4O6. The van der Waals surface area contributed by atoms with E-state index < -0.39 is 11.6 Å². The molecule has 5 heterocycles. The second-order valence-electron chi connectivity index (χ2n) is 11.9. The number of imidazole rings is 1. The quantitative estimate of drug-likeness (QED) is 0.284. The Kier molecular flexibility index (Phi) is 7.60. The van der Waals surface area contributed by atoms with Gasteiger partial charge >= 0.3 is 5.97 Å². The smallest absolute Gasteiger partial charge is 0.335 e. The molecule has 0 saturated carbocycles. The molecule has 2 aromatic heterocycles. The van der Waals surface area contributed by atoms with Crippen molar-refractivity contribution in [3.8, 4) is 5.88 Å². The third kappa shape index (κ3) is 5.88. The largest absolute Gasteiger partial charge is 0.478 e. The predicted octanol–water partition coefficient (Wildman–Crippen LogP) is 4.09. The number of carboxylic acid groups (broad SMARTS) is 1. The number of ether oxygens (including phenoxy) is 3. The Morgan fingerprint density at radius 1 is 1.02 bits per heavy atom. The molecule has 3 aliphatic rings. The minimum atomic E-state index is -0.935. The fourth-order valence-electron chi connectivity index (χ4n) is 6.12. The molecule has 0 aliphatic carbocycles. The molecule has 10 nitrogen and oxygen atoms in total. The monoisotopic (exact) mass is 584 g/mol. The standard InChI is InChI=1S/C33H36N4O6/c38-32(39)24-6-9-28-29(16-24)37(17-26-12-15-42-26)30(34-28)18-36-13-10-23(11-14-36)27-2-1-3-31(35-27)43-19-22-4-7-25(8-5-22)33(40)20-41-21-33/h1-9,16,23,26,40H,10-15,17-21H2,(H,38,39)/t26-/m0/s1. The van der Waals surface area contributed by atoms with Crippen LogP contribution in [0.4, 0.5) is 0 Å². The van der Waals surface area contributed by atoms with Crippen molar-refractivity contribution in [2.45, 2.75) is 56.6 Å². The Bertz CT molecular complexity index is 1600. The second-order valence-corrected chi connectivity index (χ2v) is 11.9. The van der Waals surface area contributed by atoms with Crippen LogP contribution in [0.25, 0.3) is 11.0 Å². The Balaban J connectivity index is 0.973. The first-order chi connectivity index (χ1) is 20.9. The van der Waals surface area contributed by atoms with Crippen molar-refractivity contribution in [1.29, 1.82) is 0 Å². The van der Waals surface area contributed by atoms with E-state index in [0.717, 1.165) is 72.6 Å². The Hall–Kier alpha value is -3.83. The molecule has 0 amide bonds. The Morgan fingerprint density at radius 2 is 1.81 bits per heavy atom. The lowest BCUT2D eigenvalue weighted by molar-refractivity contribution is -0.184. The number of pyridine rings is 1. The number of benzene rings is 2. The van der Waals surface area contributed by atoms with Crippen LogP contribution < -0.4 is 4.74 Å². The van der Waals surface area contributed by atoms with Gasteiger partial charge < -0.3 is 29.0 Å². The van der Waals surface area contributed by atoms with Crippen LogP contribution >= 0.6 is 0 Å². The van der Waals surface area contributed by atoms with Crippen molar-refractivity contribution in [2.75, 3.05) is 32.9 Å². The van der Waals surface area contributed by atoms with E-state index >= 15 is 0 Å². The number of aromatic nitrogens is 3. The van der Waals surface area contributed by atoms with E-state index in [1.807, 2.05) is 36.4 Å². The summed E-state index contributed by atoms with van der Waals surface area (Å²) in [6, 6.07) is 19.0. The second kappa shape index (κ2) is 11.7. The Labute approximate surface area is 249 Å². The van der Waals surface area contributed by atoms with Crippen molar-refractivity contribution < 1.29 is 29.2 Å².